The average Bonchev–Trinajstić information content (AvgIpc) is 2.88. The number of rotatable bonds is 8. The molecule has 172 valence electrons. The molecule has 0 unspecified atom stereocenters. The van der Waals surface area contributed by atoms with Crippen molar-refractivity contribution in [1.82, 2.24) is 9.80 Å². The highest BCUT2D eigenvalue weighted by Crippen LogP contribution is 2.19. The van der Waals surface area contributed by atoms with Crippen LogP contribution >= 0.6 is 0 Å². The minimum Gasteiger partial charge on any atom is -0.497 e. The Balaban J connectivity index is 1.26. The summed E-state index contributed by atoms with van der Waals surface area (Å²) in [6.45, 7) is 4.48. The van der Waals surface area contributed by atoms with Crippen LogP contribution in [-0.2, 0) is 13.2 Å². The predicted molar refractivity (Wildman–Crippen MR) is 128 cm³/mol. The lowest BCUT2D eigenvalue weighted by Crippen LogP contribution is -2.48. The highest BCUT2D eigenvalue weighted by atomic mass is 16.5. The molecule has 6 nitrogen and oxygen atoms in total. The molecule has 0 radical (unpaired) electrons. The average molecular weight is 447 g/mol. The van der Waals surface area contributed by atoms with Crippen molar-refractivity contribution in [3.05, 3.63) is 89.5 Å². The molecule has 1 aliphatic rings. The number of ether oxygens (including phenoxy) is 3. The number of hydrogen-bond donors (Lipinski definition) is 0. The van der Waals surface area contributed by atoms with E-state index >= 15 is 0 Å². The minimum absolute atomic E-state index is 0.0821. The van der Waals surface area contributed by atoms with Crippen LogP contribution < -0.4 is 14.2 Å². The second kappa shape index (κ2) is 10.9. The smallest absolute Gasteiger partial charge is 0.253 e. The van der Waals surface area contributed by atoms with Crippen LogP contribution in [0, 0.1) is 0 Å². The number of nitrogens with zero attached hydrogens (tertiary/aromatic N) is 2. The number of methoxy groups -OCH3 is 2. The Morgan fingerprint density at radius 2 is 1.42 bits per heavy atom. The summed E-state index contributed by atoms with van der Waals surface area (Å²) in [6, 6.07) is 23.3. The van der Waals surface area contributed by atoms with Gasteiger partial charge in [0, 0.05) is 38.3 Å². The molecule has 0 atom stereocenters. The first-order chi connectivity index (χ1) is 16.1. The fourth-order valence-corrected chi connectivity index (χ4v) is 3.90. The number of amides is 1. The summed E-state index contributed by atoms with van der Waals surface area (Å²) in [4.78, 5) is 17.3. The van der Waals surface area contributed by atoms with Crippen LogP contribution in [0.4, 0.5) is 0 Å². The van der Waals surface area contributed by atoms with Crippen LogP contribution in [0.1, 0.15) is 21.5 Å². The van der Waals surface area contributed by atoms with Crippen LogP contribution in [0.3, 0.4) is 0 Å². The largest absolute Gasteiger partial charge is 0.497 e. The zero-order valence-electron chi connectivity index (χ0n) is 19.2. The van der Waals surface area contributed by atoms with Crippen molar-refractivity contribution in [3.63, 3.8) is 0 Å². The van der Waals surface area contributed by atoms with E-state index in [-0.39, 0.29) is 5.91 Å². The quantitative estimate of drug-likeness (QED) is 0.518. The van der Waals surface area contributed by atoms with Crippen LogP contribution in [0.5, 0.6) is 17.2 Å². The SMILES string of the molecule is COc1ccc(OCc2ccc(C(=O)N3CCN(Cc4cccc(OC)c4)CC3)cc2)cc1. The van der Waals surface area contributed by atoms with Gasteiger partial charge in [0.1, 0.15) is 23.9 Å². The van der Waals surface area contributed by atoms with Crippen molar-refractivity contribution in [3.8, 4) is 17.2 Å². The molecular formula is C27H30N2O4. The van der Waals surface area contributed by atoms with Crippen molar-refractivity contribution in [1.29, 1.82) is 0 Å². The standard InChI is InChI=1S/C27H30N2O4/c1-31-24-10-12-25(13-11-24)33-20-21-6-8-23(9-7-21)27(30)29-16-14-28(15-17-29)19-22-4-3-5-26(18-22)32-2/h3-13,18H,14-17,19-20H2,1-2H3. The highest BCUT2D eigenvalue weighted by molar-refractivity contribution is 5.94. The lowest BCUT2D eigenvalue weighted by Gasteiger charge is -2.34. The second-order valence-electron chi connectivity index (χ2n) is 8.08. The zero-order chi connectivity index (χ0) is 23.0. The van der Waals surface area contributed by atoms with Crippen LogP contribution in [-0.4, -0.2) is 56.1 Å². The van der Waals surface area contributed by atoms with E-state index in [0.29, 0.717) is 12.2 Å². The summed E-state index contributed by atoms with van der Waals surface area (Å²) in [6.07, 6.45) is 0. The lowest BCUT2D eigenvalue weighted by atomic mass is 10.1. The van der Waals surface area contributed by atoms with E-state index in [0.717, 1.165) is 55.5 Å². The van der Waals surface area contributed by atoms with Crippen molar-refractivity contribution in [2.24, 2.45) is 0 Å². The fraction of sp³-hybridized carbons (Fsp3) is 0.296. The van der Waals surface area contributed by atoms with Crippen molar-refractivity contribution in [2.75, 3.05) is 40.4 Å². The van der Waals surface area contributed by atoms with Crippen LogP contribution in [0.15, 0.2) is 72.8 Å². The maximum Gasteiger partial charge on any atom is 0.253 e. The first kappa shape index (κ1) is 22.7. The highest BCUT2D eigenvalue weighted by Gasteiger charge is 2.22. The number of carbonyl (C=O) groups is 1. The molecule has 0 saturated carbocycles. The van der Waals surface area contributed by atoms with E-state index in [1.165, 1.54) is 5.56 Å². The van der Waals surface area contributed by atoms with Gasteiger partial charge in [-0.3, -0.25) is 9.69 Å². The lowest BCUT2D eigenvalue weighted by molar-refractivity contribution is 0.0628. The maximum absolute atomic E-state index is 12.9. The molecule has 0 bridgehead atoms. The molecule has 6 heteroatoms. The van der Waals surface area contributed by atoms with Gasteiger partial charge < -0.3 is 19.1 Å². The maximum atomic E-state index is 12.9. The number of benzene rings is 3. The van der Waals surface area contributed by atoms with Gasteiger partial charge in [-0.15, -0.1) is 0 Å². The van der Waals surface area contributed by atoms with Gasteiger partial charge in [-0.2, -0.15) is 0 Å². The van der Waals surface area contributed by atoms with Gasteiger partial charge in [0.05, 0.1) is 14.2 Å². The molecule has 1 amide bonds. The van der Waals surface area contributed by atoms with E-state index in [2.05, 4.69) is 17.0 Å². The molecule has 1 aliphatic heterocycles. The Kier molecular flexibility index (Phi) is 7.47. The molecular weight excluding hydrogens is 416 g/mol. The van der Waals surface area contributed by atoms with Gasteiger partial charge in [0.15, 0.2) is 0 Å². The van der Waals surface area contributed by atoms with Gasteiger partial charge in [0.25, 0.3) is 5.91 Å². The molecule has 0 spiro atoms. The van der Waals surface area contributed by atoms with E-state index in [1.54, 1.807) is 14.2 Å². The normalized spacial score (nSPS) is 14.1. The minimum atomic E-state index is 0.0821. The molecule has 1 heterocycles. The Morgan fingerprint density at radius 3 is 2.09 bits per heavy atom. The van der Waals surface area contributed by atoms with E-state index in [4.69, 9.17) is 14.2 Å². The molecule has 3 aromatic rings. The predicted octanol–water partition coefficient (Wildman–Crippen LogP) is 4.24. The third-order valence-corrected chi connectivity index (χ3v) is 5.87. The number of piperazine rings is 1. The second-order valence-corrected chi connectivity index (χ2v) is 8.08. The number of hydrogen-bond acceptors (Lipinski definition) is 5. The molecule has 0 aliphatic carbocycles. The summed E-state index contributed by atoms with van der Waals surface area (Å²) in [7, 11) is 3.32. The van der Waals surface area contributed by atoms with Crippen molar-refractivity contribution >= 4 is 5.91 Å². The first-order valence-electron chi connectivity index (χ1n) is 11.1. The van der Waals surface area contributed by atoms with Crippen molar-refractivity contribution in [2.45, 2.75) is 13.2 Å². The van der Waals surface area contributed by atoms with E-state index in [1.807, 2.05) is 65.6 Å². The Labute approximate surface area is 195 Å². The van der Waals surface area contributed by atoms with Gasteiger partial charge in [-0.1, -0.05) is 24.3 Å². The van der Waals surface area contributed by atoms with E-state index in [9.17, 15) is 4.79 Å². The Morgan fingerprint density at radius 1 is 0.758 bits per heavy atom. The Hall–Kier alpha value is -3.51. The van der Waals surface area contributed by atoms with E-state index < -0.39 is 0 Å². The first-order valence-corrected chi connectivity index (χ1v) is 11.1. The number of carbonyl (C=O) groups excluding carboxylic acids is 1. The van der Waals surface area contributed by atoms with Crippen LogP contribution in [0.25, 0.3) is 0 Å². The summed E-state index contributed by atoms with van der Waals surface area (Å²) >= 11 is 0. The van der Waals surface area contributed by atoms with Gasteiger partial charge in [0.2, 0.25) is 0 Å². The summed E-state index contributed by atoms with van der Waals surface area (Å²) < 4.78 is 16.3. The third kappa shape index (κ3) is 6.05. The topological polar surface area (TPSA) is 51.2 Å². The van der Waals surface area contributed by atoms with Crippen molar-refractivity contribution < 1.29 is 19.0 Å². The summed E-state index contributed by atoms with van der Waals surface area (Å²) in [5.74, 6) is 2.53. The zero-order valence-corrected chi connectivity index (χ0v) is 19.2. The van der Waals surface area contributed by atoms with Gasteiger partial charge >= 0.3 is 0 Å². The van der Waals surface area contributed by atoms with Gasteiger partial charge in [-0.05, 0) is 59.7 Å². The molecule has 33 heavy (non-hydrogen) atoms. The third-order valence-electron chi connectivity index (χ3n) is 5.87. The molecule has 1 saturated heterocycles. The Bertz CT molecular complexity index is 1040. The van der Waals surface area contributed by atoms with Gasteiger partial charge in [-0.25, -0.2) is 0 Å². The molecule has 3 aromatic carbocycles. The summed E-state index contributed by atoms with van der Waals surface area (Å²) in [5.41, 5.74) is 2.96. The summed E-state index contributed by atoms with van der Waals surface area (Å²) in [5, 5.41) is 0. The molecule has 4 rings (SSSR count). The molecule has 1 fully saturated rings. The molecule has 0 aromatic heterocycles. The monoisotopic (exact) mass is 446 g/mol. The fourth-order valence-electron chi connectivity index (χ4n) is 3.90. The van der Waals surface area contributed by atoms with Crippen LogP contribution in [0.2, 0.25) is 0 Å². The molecule has 0 N–H and O–H groups in total.